The summed E-state index contributed by atoms with van der Waals surface area (Å²) in [7, 11) is 0. The van der Waals surface area contributed by atoms with Crippen molar-refractivity contribution in [1.29, 1.82) is 0 Å². The summed E-state index contributed by atoms with van der Waals surface area (Å²) in [6, 6.07) is 9.62. The molecule has 2 rings (SSSR count). The number of halogens is 2. The van der Waals surface area contributed by atoms with Gasteiger partial charge in [-0.15, -0.1) is 0 Å². The average Bonchev–Trinajstić information content (AvgIpc) is 3.17. The second-order valence-corrected chi connectivity index (χ2v) is 5.84. The van der Waals surface area contributed by atoms with Crippen LogP contribution in [0, 0.1) is 0 Å². The van der Waals surface area contributed by atoms with E-state index in [9.17, 15) is 13.9 Å². The van der Waals surface area contributed by atoms with Gasteiger partial charge in [-0.1, -0.05) is 19.1 Å². The lowest BCUT2D eigenvalue weighted by Gasteiger charge is -2.14. The fourth-order valence-corrected chi connectivity index (χ4v) is 2.33. The number of aliphatic hydroxyl groups excluding tert-OH is 1. The minimum atomic E-state index is -2.87. The summed E-state index contributed by atoms with van der Waals surface area (Å²) in [5.41, 5.74) is 0.575. The van der Waals surface area contributed by atoms with E-state index in [4.69, 9.17) is 4.42 Å². The van der Waals surface area contributed by atoms with Crippen molar-refractivity contribution in [3.63, 3.8) is 0 Å². The van der Waals surface area contributed by atoms with Gasteiger partial charge in [0.25, 0.3) is 0 Å². The standard InChI is InChI=1S/C19H25F2N3O3/c1-2-10-22-19(23-11-9-15-4-3-12-26-15)24-13-17(25)14-5-7-16(8-6-14)27-18(20)21/h3-8,12,17-18,25H,2,9-11,13H2,1H3,(H2,22,23,24). The van der Waals surface area contributed by atoms with Gasteiger partial charge in [-0.3, -0.25) is 4.99 Å². The van der Waals surface area contributed by atoms with E-state index in [0.717, 1.165) is 18.7 Å². The molecule has 148 valence electrons. The molecular weight excluding hydrogens is 356 g/mol. The van der Waals surface area contributed by atoms with Gasteiger partial charge >= 0.3 is 6.61 Å². The predicted octanol–water partition coefficient (Wildman–Crippen LogP) is 3.10. The second-order valence-electron chi connectivity index (χ2n) is 5.84. The molecule has 0 aliphatic rings. The quantitative estimate of drug-likeness (QED) is 0.435. The van der Waals surface area contributed by atoms with E-state index in [2.05, 4.69) is 20.4 Å². The number of hydrogen-bond acceptors (Lipinski definition) is 4. The molecule has 27 heavy (non-hydrogen) atoms. The zero-order valence-corrected chi connectivity index (χ0v) is 15.2. The fourth-order valence-electron chi connectivity index (χ4n) is 2.33. The van der Waals surface area contributed by atoms with Crippen molar-refractivity contribution in [3.8, 4) is 5.75 Å². The van der Waals surface area contributed by atoms with Crippen LogP contribution in [0.25, 0.3) is 0 Å². The van der Waals surface area contributed by atoms with Crippen LogP contribution in [0.4, 0.5) is 8.78 Å². The van der Waals surface area contributed by atoms with E-state index in [0.29, 0.717) is 24.5 Å². The molecule has 0 aliphatic carbocycles. The smallest absolute Gasteiger partial charge is 0.387 e. The van der Waals surface area contributed by atoms with Crippen LogP contribution in [-0.4, -0.2) is 37.3 Å². The van der Waals surface area contributed by atoms with E-state index in [-0.39, 0.29) is 12.3 Å². The molecule has 6 nitrogen and oxygen atoms in total. The van der Waals surface area contributed by atoms with Crippen molar-refractivity contribution in [2.24, 2.45) is 4.99 Å². The highest BCUT2D eigenvalue weighted by molar-refractivity contribution is 5.79. The Morgan fingerprint density at radius 2 is 1.93 bits per heavy atom. The number of furan rings is 1. The summed E-state index contributed by atoms with van der Waals surface area (Å²) >= 11 is 0. The predicted molar refractivity (Wildman–Crippen MR) is 99.0 cm³/mol. The SMILES string of the molecule is CCCNC(=NCC(O)c1ccc(OC(F)F)cc1)NCCc1ccco1. The Bertz CT molecular complexity index is 676. The Kier molecular flexibility index (Phi) is 8.57. The van der Waals surface area contributed by atoms with E-state index in [1.54, 1.807) is 18.4 Å². The molecule has 2 aromatic rings. The van der Waals surface area contributed by atoms with Gasteiger partial charge in [0.1, 0.15) is 11.5 Å². The first kappa shape index (κ1) is 20.7. The van der Waals surface area contributed by atoms with Crippen molar-refractivity contribution in [3.05, 3.63) is 54.0 Å². The number of alkyl halides is 2. The van der Waals surface area contributed by atoms with Crippen LogP contribution in [0.3, 0.4) is 0 Å². The van der Waals surface area contributed by atoms with Gasteiger partial charge in [0.15, 0.2) is 5.96 Å². The molecule has 0 radical (unpaired) electrons. The lowest BCUT2D eigenvalue weighted by atomic mass is 10.1. The molecule has 0 fully saturated rings. The lowest BCUT2D eigenvalue weighted by molar-refractivity contribution is -0.0498. The van der Waals surface area contributed by atoms with Crippen LogP contribution in [0.15, 0.2) is 52.1 Å². The summed E-state index contributed by atoms with van der Waals surface area (Å²) in [5.74, 6) is 1.53. The van der Waals surface area contributed by atoms with Gasteiger partial charge in [-0.2, -0.15) is 8.78 Å². The number of rotatable bonds is 10. The van der Waals surface area contributed by atoms with Crippen molar-refractivity contribution in [2.75, 3.05) is 19.6 Å². The maximum atomic E-state index is 12.2. The number of guanidine groups is 1. The van der Waals surface area contributed by atoms with E-state index in [1.807, 2.05) is 19.1 Å². The molecule has 0 saturated carbocycles. The third kappa shape index (κ3) is 7.65. The third-order valence-corrected chi connectivity index (χ3v) is 3.70. The molecule has 1 atom stereocenters. The molecule has 1 unspecified atom stereocenters. The van der Waals surface area contributed by atoms with Crippen LogP contribution >= 0.6 is 0 Å². The summed E-state index contributed by atoms with van der Waals surface area (Å²) in [6.45, 7) is 0.700. The Labute approximate surface area is 157 Å². The summed E-state index contributed by atoms with van der Waals surface area (Å²) in [5, 5.41) is 16.7. The molecular formula is C19H25F2N3O3. The highest BCUT2D eigenvalue weighted by Gasteiger charge is 2.10. The zero-order chi connectivity index (χ0) is 19.5. The number of benzene rings is 1. The summed E-state index contributed by atoms with van der Waals surface area (Å²) in [6.07, 6.45) is 2.44. The Hall–Kier alpha value is -2.61. The largest absolute Gasteiger partial charge is 0.469 e. The van der Waals surface area contributed by atoms with Crippen LogP contribution in [0.2, 0.25) is 0 Å². The topological polar surface area (TPSA) is 79.0 Å². The van der Waals surface area contributed by atoms with Gasteiger partial charge in [0.05, 0.1) is 18.9 Å². The molecule has 0 amide bonds. The molecule has 1 aromatic carbocycles. The molecule has 1 heterocycles. The van der Waals surface area contributed by atoms with Crippen molar-refractivity contribution in [1.82, 2.24) is 10.6 Å². The molecule has 3 N–H and O–H groups in total. The molecule has 0 saturated heterocycles. The highest BCUT2D eigenvalue weighted by Crippen LogP contribution is 2.19. The molecule has 1 aromatic heterocycles. The van der Waals surface area contributed by atoms with Crippen LogP contribution in [0.5, 0.6) is 5.75 Å². The first-order valence-electron chi connectivity index (χ1n) is 8.86. The maximum Gasteiger partial charge on any atom is 0.387 e. The van der Waals surface area contributed by atoms with Crippen molar-refractivity contribution < 1.29 is 23.0 Å². The fraction of sp³-hybridized carbons (Fsp3) is 0.421. The van der Waals surface area contributed by atoms with Gasteiger partial charge in [-0.05, 0) is 36.2 Å². The number of nitrogens with zero attached hydrogens (tertiary/aromatic N) is 1. The molecule has 0 bridgehead atoms. The molecule has 0 aliphatic heterocycles. The Balaban J connectivity index is 1.88. The van der Waals surface area contributed by atoms with Crippen LogP contribution in [-0.2, 0) is 6.42 Å². The monoisotopic (exact) mass is 381 g/mol. The number of ether oxygens (including phenoxy) is 1. The average molecular weight is 381 g/mol. The number of nitrogens with one attached hydrogen (secondary N) is 2. The maximum absolute atomic E-state index is 12.2. The van der Waals surface area contributed by atoms with Crippen LogP contribution < -0.4 is 15.4 Å². The summed E-state index contributed by atoms with van der Waals surface area (Å²) in [4.78, 5) is 4.39. The minimum absolute atomic E-state index is 0.0503. The summed E-state index contributed by atoms with van der Waals surface area (Å²) < 4.78 is 33.9. The number of hydrogen-bond donors (Lipinski definition) is 3. The van der Waals surface area contributed by atoms with E-state index in [1.165, 1.54) is 12.1 Å². The zero-order valence-electron chi connectivity index (χ0n) is 15.2. The van der Waals surface area contributed by atoms with Gasteiger partial charge in [0.2, 0.25) is 0 Å². The van der Waals surface area contributed by atoms with Crippen molar-refractivity contribution in [2.45, 2.75) is 32.5 Å². The molecule has 8 heteroatoms. The number of aliphatic imine (C=N–C) groups is 1. The van der Waals surface area contributed by atoms with Crippen LogP contribution in [0.1, 0.15) is 30.8 Å². The Morgan fingerprint density at radius 3 is 2.56 bits per heavy atom. The van der Waals surface area contributed by atoms with E-state index >= 15 is 0 Å². The Morgan fingerprint density at radius 1 is 1.19 bits per heavy atom. The van der Waals surface area contributed by atoms with E-state index < -0.39 is 12.7 Å². The normalized spacial score (nSPS) is 12.9. The minimum Gasteiger partial charge on any atom is -0.469 e. The first-order chi connectivity index (χ1) is 13.1. The highest BCUT2D eigenvalue weighted by atomic mass is 19.3. The van der Waals surface area contributed by atoms with Gasteiger partial charge in [-0.25, -0.2) is 0 Å². The van der Waals surface area contributed by atoms with Crippen molar-refractivity contribution >= 4 is 5.96 Å². The number of aliphatic hydroxyl groups is 1. The second kappa shape index (κ2) is 11.2. The first-order valence-corrected chi connectivity index (χ1v) is 8.86. The van der Waals surface area contributed by atoms with Gasteiger partial charge < -0.3 is 24.9 Å². The van der Waals surface area contributed by atoms with Gasteiger partial charge in [0, 0.05) is 19.5 Å². The third-order valence-electron chi connectivity index (χ3n) is 3.70. The molecule has 0 spiro atoms. The lowest BCUT2D eigenvalue weighted by Crippen LogP contribution is -2.39.